The maximum atomic E-state index is 12.9. The monoisotopic (exact) mass is 514 g/mol. The molecule has 0 bridgehead atoms. The number of ether oxygens (including phenoxy) is 2. The number of methoxy groups -OCH3 is 1. The van der Waals surface area contributed by atoms with Crippen molar-refractivity contribution in [1.29, 1.82) is 0 Å². The van der Waals surface area contributed by atoms with Crippen LogP contribution in [-0.4, -0.2) is 55.9 Å². The Morgan fingerprint density at radius 1 is 1.23 bits per heavy atom. The number of aromatic nitrogens is 4. The Kier molecular flexibility index (Phi) is 9.47. The number of nitrogens with two attached hydrogens (primary N) is 2. The van der Waals surface area contributed by atoms with Gasteiger partial charge in [-0.15, -0.1) is 0 Å². The van der Waals surface area contributed by atoms with E-state index in [0.717, 1.165) is 25.7 Å². The number of nitrogen functional groups attached to an aromatic ring is 2. The van der Waals surface area contributed by atoms with Crippen molar-refractivity contribution in [3.63, 3.8) is 0 Å². The molecule has 0 radical (unpaired) electrons. The third-order valence-electron chi connectivity index (χ3n) is 6.55. The first-order valence-corrected chi connectivity index (χ1v) is 13.8. The predicted molar refractivity (Wildman–Crippen MR) is 132 cm³/mol. The van der Waals surface area contributed by atoms with Gasteiger partial charge in [0.1, 0.15) is 17.7 Å². The van der Waals surface area contributed by atoms with E-state index in [-0.39, 0.29) is 11.8 Å². The van der Waals surface area contributed by atoms with Gasteiger partial charge in [0, 0.05) is 7.11 Å². The zero-order valence-corrected chi connectivity index (χ0v) is 22.1. The van der Waals surface area contributed by atoms with Crippen molar-refractivity contribution in [2.45, 2.75) is 96.9 Å². The number of imidazole rings is 1. The molecule has 0 amide bonds. The molecule has 3 heterocycles. The number of nitrogens with zero attached hydrogens (tertiary/aromatic N) is 4. The highest BCUT2D eigenvalue weighted by Crippen LogP contribution is 2.51. The fraction of sp³-hybridized carbons (Fsp3) is 0.773. The smallest absolute Gasteiger partial charge is 0.382 e. The van der Waals surface area contributed by atoms with Gasteiger partial charge < -0.3 is 25.8 Å². The molecule has 12 nitrogen and oxygen atoms in total. The zero-order chi connectivity index (χ0) is 25.8. The second-order valence-corrected chi connectivity index (χ2v) is 10.4. The van der Waals surface area contributed by atoms with Gasteiger partial charge in [0.25, 0.3) is 0 Å². The third-order valence-corrected chi connectivity index (χ3v) is 7.69. The van der Waals surface area contributed by atoms with E-state index in [1.54, 1.807) is 11.5 Å². The largest absolute Gasteiger partial charge is 0.472 e. The minimum atomic E-state index is -4.39. The Bertz CT molecular complexity index is 1020. The van der Waals surface area contributed by atoms with Gasteiger partial charge >= 0.3 is 7.82 Å². The van der Waals surface area contributed by atoms with E-state index < -0.39 is 38.5 Å². The van der Waals surface area contributed by atoms with Crippen molar-refractivity contribution in [3.8, 4) is 0 Å². The van der Waals surface area contributed by atoms with Crippen LogP contribution in [0.2, 0.25) is 0 Å². The third kappa shape index (κ3) is 6.49. The first-order valence-electron chi connectivity index (χ1n) is 12.3. The molecule has 0 saturated carbocycles. The molecule has 0 aromatic carbocycles. The number of phosphoric acid groups is 1. The molecule has 13 heteroatoms. The van der Waals surface area contributed by atoms with E-state index in [2.05, 4.69) is 28.8 Å². The first kappa shape index (κ1) is 27.8. The van der Waals surface area contributed by atoms with Crippen LogP contribution in [0.5, 0.6) is 0 Å². The summed E-state index contributed by atoms with van der Waals surface area (Å²) in [5, 5.41) is 0. The van der Waals surface area contributed by atoms with Gasteiger partial charge in [0.15, 0.2) is 17.7 Å². The number of hydrogen-bond donors (Lipinski definition) is 3. The molecule has 2 aromatic rings. The number of hydrogen-bond acceptors (Lipinski definition) is 10. The maximum absolute atomic E-state index is 12.9. The molecule has 0 spiro atoms. The van der Waals surface area contributed by atoms with Crippen molar-refractivity contribution in [3.05, 3.63) is 6.33 Å². The highest BCUT2D eigenvalue weighted by Gasteiger charge is 2.50. The van der Waals surface area contributed by atoms with Crippen LogP contribution in [0.4, 0.5) is 11.8 Å². The number of phosphoric ester groups is 1. The summed E-state index contributed by atoms with van der Waals surface area (Å²) < 4.78 is 37.8. The molecule has 198 valence electrons. The van der Waals surface area contributed by atoms with Crippen LogP contribution < -0.4 is 11.5 Å². The van der Waals surface area contributed by atoms with E-state index in [0.29, 0.717) is 29.9 Å². The number of rotatable bonds is 13. The van der Waals surface area contributed by atoms with Crippen LogP contribution in [0.15, 0.2) is 6.33 Å². The fourth-order valence-electron chi connectivity index (χ4n) is 4.43. The van der Waals surface area contributed by atoms with Crippen molar-refractivity contribution in [2.75, 3.05) is 18.6 Å². The van der Waals surface area contributed by atoms with Crippen LogP contribution in [-0.2, 0) is 23.1 Å². The van der Waals surface area contributed by atoms with Crippen molar-refractivity contribution in [2.24, 2.45) is 5.92 Å². The van der Waals surface area contributed by atoms with E-state index >= 15 is 0 Å². The molecule has 0 aliphatic carbocycles. The molecule has 5 N–H and O–H groups in total. The predicted octanol–water partition coefficient (Wildman–Crippen LogP) is 3.81. The molecule has 2 aromatic heterocycles. The lowest BCUT2D eigenvalue weighted by Crippen LogP contribution is -2.36. The molecule has 3 rings (SSSR count). The Hall–Kier alpha value is -1.82. The molecule has 7 unspecified atom stereocenters. The van der Waals surface area contributed by atoms with Gasteiger partial charge in [-0.3, -0.25) is 13.6 Å². The van der Waals surface area contributed by atoms with Gasteiger partial charge in [-0.25, -0.2) is 9.55 Å². The van der Waals surface area contributed by atoms with Crippen LogP contribution in [0.25, 0.3) is 11.2 Å². The second kappa shape index (κ2) is 11.9. The van der Waals surface area contributed by atoms with E-state index in [1.165, 1.54) is 13.4 Å². The standard InChI is InChI=1S/C22H39N6O6P/c1-6-9-10-14(8-3)11-15-17(34-35(29,30)33-13(4)7-2)18(31-5)21(32-15)28-12-25-16-19(23)26-22(24)27-20(16)28/h12-15,17-18,21H,6-11H2,1-5H3,(H,29,30)(H4,23,24,26,27). The van der Waals surface area contributed by atoms with Crippen molar-refractivity contribution >= 4 is 30.8 Å². The number of unbranched alkanes of at least 4 members (excludes halogenated alkanes) is 1. The summed E-state index contributed by atoms with van der Waals surface area (Å²) in [6.45, 7) is 7.86. The van der Waals surface area contributed by atoms with Crippen LogP contribution in [0.1, 0.15) is 72.4 Å². The number of anilines is 2. The first-order chi connectivity index (χ1) is 16.6. The molecular formula is C22H39N6O6P. The zero-order valence-electron chi connectivity index (χ0n) is 21.2. The van der Waals surface area contributed by atoms with Gasteiger partial charge in [-0.1, -0.05) is 46.5 Å². The minimum absolute atomic E-state index is 0.000453. The summed E-state index contributed by atoms with van der Waals surface area (Å²) in [4.78, 5) is 23.1. The molecule has 1 aliphatic heterocycles. The van der Waals surface area contributed by atoms with Gasteiger partial charge in [0.2, 0.25) is 5.95 Å². The summed E-state index contributed by atoms with van der Waals surface area (Å²) in [5.74, 6) is 0.500. The Balaban J connectivity index is 1.97. The lowest BCUT2D eigenvalue weighted by molar-refractivity contribution is -0.0529. The SMILES string of the molecule is CCCCC(CC)CC1OC(n2cnc3c(N)nc(N)nc32)C(OC)C1OP(=O)(O)OC(C)CC. The van der Waals surface area contributed by atoms with Crippen molar-refractivity contribution in [1.82, 2.24) is 19.5 Å². The summed E-state index contributed by atoms with van der Waals surface area (Å²) in [7, 11) is -2.89. The summed E-state index contributed by atoms with van der Waals surface area (Å²) >= 11 is 0. The number of fused-ring (bicyclic) bond motifs is 1. The molecule has 1 saturated heterocycles. The average Bonchev–Trinajstić information content (AvgIpc) is 3.36. The average molecular weight is 515 g/mol. The van der Waals surface area contributed by atoms with E-state index in [1.807, 2.05) is 6.92 Å². The van der Waals surface area contributed by atoms with Crippen molar-refractivity contribution < 1.29 is 28.0 Å². The lowest BCUT2D eigenvalue weighted by atomic mass is 9.91. The Morgan fingerprint density at radius 2 is 1.97 bits per heavy atom. The lowest BCUT2D eigenvalue weighted by Gasteiger charge is -2.27. The Labute approximate surface area is 206 Å². The quantitative estimate of drug-likeness (QED) is 0.332. The normalized spacial score (nSPS) is 26.1. The summed E-state index contributed by atoms with van der Waals surface area (Å²) in [6, 6.07) is 0. The topological polar surface area (TPSA) is 170 Å². The second-order valence-electron chi connectivity index (χ2n) is 9.07. The highest BCUT2D eigenvalue weighted by atomic mass is 31.2. The highest BCUT2D eigenvalue weighted by molar-refractivity contribution is 7.47. The molecule has 1 aliphatic rings. The van der Waals surface area contributed by atoms with Crippen LogP contribution in [0, 0.1) is 5.92 Å². The molecular weight excluding hydrogens is 475 g/mol. The minimum Gasteiger partial charge on any atom is -0.382 e. The van der Waals surface area contributed by atoms with Gasteiger partial charge in [-0.05, 0) is 25.7 Å². The van der Waals surface area contributed by atoms with Gasteiger partial charge in [0.05, 0.1) is 18.5 Å². The van der Waals surface area contributed by atoms with Crippen LogP contribution in [0.3, 0.4) is 0 Å². The molecule has 35 heavy (non-hydrogen) atoms. The summed E-state index contributed by atoms with van der Waals surface area (Å²) in [6.07, 6.45) is 3.52. The van der Waals surface area contributed by atoms with E-state index in [4.69, 9.17) is 30.0 Å². The Morgan fingerprint density at radius 3 is 2.60 bits per heavy atom. The molecule has 7 atom stereocenters. The fourth-order valence-corrected chi connectivity index (χ4v) is 5.65. The molecule has 1 fully saturated rings. The summed E-state index contributed by atoms with van der Waals surface area (Å²) in [5.41, 5.74) is 12.5. The van der Waals surface area contributed by atoms with E-state index in [9.17, 15) is 9.46 Å². The van der Waals surface area contributed by atoms with Crippen LogP contribution >= 0.6 is 7.82 Å². The maximum Gasteiger partial charge on any atom is 0.472 e. The van der Waals surface area contributed by atoms with Gasteiger partial charge in [-0.2, -0.15) is 9.97 Å².